The van der Waals surface area contributed by atoms with Crippen LogP contribution < -0.4 is 29.7 Å². The Hall–Kier alpha value is -3.82. The molecule has 4 rings (SSSR count). The number of carbonyl (C=O) groups is 1. The van der Waals surface area contributed by atoms with Crippen LogP contribution in [0.2, 0.25) is 0 Å². The zero-order chi connectivity index (χ0) is 24.6. The number of unbranched alkanes of at least 4 members (excludes halogenated alkanes) is 2. The zero-order valence-electron chi connectivity index (χ0n) is 20.4. The van der Waals surface area contributed by atoms with Gasteiger partial charge in [-0.05, 0) is 25.0 Å². The molecular formula is C25H32N6O4. The van der Waals surface area contributed by atoms with Gasteiger partial charge in [-0.25, -0.2) is 19.7 Å². The molecule has 1 aromatic carbocycles. The summed E-state index contributed by atoms with van der Waals surface area (Å²) in [7, 11) is 3.20. The molecule has 1 aliphatic rings. The second kappa shape index (κ2) is 11.5. The molecule has 0 radical (unpaired) electrons. The summed E-state index contributed by atoms with van der Waals surface area (Å²) in [6.07, 6.45) is 7.23. The van der Waals surface area contributed by atoms with Gasteiger partial charge < -0.3 is 29.7 Å². The molecule has 1 atom stereocenters. The number of methoxy groups -OCH3 is 2. The maximum absolute atomic E-state index is 12.6. The van der Waals surface area contributed by atoms with Gasteiger partial charge in [-0.1, -0.05) is 19.8 Å². The number of anilines is 2. The predicted molar refractivity (Wildman–Crippen MR) is 135 cm³/mol. The second-order valence-electron chi connectivity index (χ2n) is 8.39. The van der Waals surface area contributed by atoms with Gasteiger partial charge in [0.15, 0.2) is 11.5 Å². The Morgan fingerprint density at radius 2 is 1.94 bits per heavy atom. The van der Waals surface area contributed by atoms with Crippen molar-refractivity contribution in [2.75, 3.05) is 44.1 Å². The molecule has 35 heavy (non-hydrogen) atoms. The number of hydrogen-bond donors (Lipinski definition) is 2. The third-order valence-electron chi connectivity index (χ3n) is 5.93. The van der Waals surface area contributed by atoms with Crippen LogP contribution in [-0.4, -0.2) is 60.9 Å². The molecule has 2 amide bonds. The van der Waals surface area contributed by atoms with Gasteiger partial charge in [0.2, 0.25) is 5.88 Å². The van der Waals surface area contributed by atoms with Gasteiger partial charge in [0, 0.05) is 36.7 Å². The van der Waals surface area contributed by atoms with Crippen molar-refractivity contribution in [2.24, 2.45) is 0 Å². The number of hydrogen-bond acceptors (Lipinski definition) is 8. The Balaban J connectivity index is 1.34. The van der Waals surface area contributed by atoms with Gasteiger partial charge in [-0.3, -0.25) is 0 Å². The van der Waals surface area contributed by atoms with Crippen LogP contribution in [0.15, 0.2) is 36.8 Å². The van der Waals surface area contributed by atoms with E-state index in [1.807, 2.05) is 12.1 Å². The molecule has 1 saturated heterocycles. The van der Waals surface area contributed by atoms with Gasteiger partial charge in [-0.15, -0.1) is 0 Å². The molecule has 3 aromatic rings. The van der Waals surface area contributed by atoms with Crippen molar-refractivity contribution in [3.8, 4) is 17.4 Å². The van der Waals surface area contributed by atoms with Crippen LogP contribution in [0.25, 0.3) is 10.9 Å². The lowest BCUT2D eigenvalue weighted by Crippen LogP contribution is -2.39. The summed E-state index contributed by atoms with van der Waals surface area (Å²) in [6, 6.07) is 7.00. The molecule has 1 fully saturated rings. The average Bonchev–Trinajstić information content (AvgIpc) is 3.34. The van der Waals surface area contributed by atoms with Crippen LogP contribution in [0.4, 0.5) is 16.3 Å². The maximum Gasteiger partial charge on any atom is 0.319 e. The minimum Gasteiger partial charge on any atom is -0.493 e. The molecule has 2 N–H and O–H groups in total. The molecule has 3 heterocycles. The molecule has 186 valence electrons. The average molecular weight is 481 g/mol. The fraction of sp³-hybridized carbons (Fsp3) is 0.440. The van der Waals surface area contributed by atoms with Crippen molar-refractivity contribution in [2.45, 2.75) is 38.6 Å². The monoisotopic (exact) mass is 480 g/mol. The molecule has 1 unspecified atom stereocenters. The van der Waals surface area contributed by atoms with Gasteiger partial charge in [0.1, 0.15) is 12.1 Å². The van der Waals surface area contributed by atoms with E-state index in [0.29, 0.717) is 36.2 Å². The highest BCUT2D eigenvalue weighted by Gasteiger charge is 2.26. The molecular weight excluding hydrogens is 448 g/mol. The fourth-order valence-electron chi connectivity index (χ4n) is 4.11. The van der Waals surface area contributed by atoms with Crippen molar-refractivity contribution in [1.82, 2.24) is 20.3 Å². The Morgan fingerprint density at radius 1 is 1.11 bits per heavy atom. The van der Waals surface area contributed by atoms with Gasteiger partial charge in [0.25, 0.3) is 0 Å². The van der Waals surface area contributed by atoms with Crippen LogP contribution >= 0.6 is 0 Å². The first-order valence-corrected chi connectivity index (χ1v) is 11.9. The van der Waals surface area contributed by atoms with E-state index in [-0.39, 0.29) is 12.1 Å². The highest BCUT2D eigenvalue weighted by molar-refractivity contribution is 5.92. The number of pyridine rings is 1. The van der Waals surface area contributed by atoms with E-state index in [0.717, 1.165) is 48.9 Å². The first kappa shape index (κ1) is 24.3. The largest absolute Gasteiger partial charge is 0.493 e. The topological polar surface area (TPSA) is 111 Å². The highest BCUT2D eigenvalue weighted by atomic mass is 16.5. The minimum absolute atomic E-state index is 0.0192. The number of nitrogens with zero attached hydrogens (tertiary/aromatic N) is 4. The van der Waals surface area contributed by atoms with Gasteiger partial charge in [0.05, 0.1) is 38.2 Å². The number of benzene rings is 1. The molecule has 2 aromatic heterocycles. The van der Waals surface area contributed by atoms with Crippen LogP contribution in [0.1, 0.15) is 32.6 Å². The normalized spacial score (nSPS) is 15.2. The molecule has 0 aliphatic carbocycles. The van der Waals surface area contributed by atoms with E-state index >= 15 is 0 Å². The summed E-state index contributed by atoms with van der Waals surface area (Å²) in [5.74, 6) is 2.60. The summed E-state index contributed by atoms with van der Waals surface area (Å²) in [4.78, 5) is 27.8. The molecule has 10 heteroatoms. The highest BCUT2D eigenvalue weighted by Crippen LogP contribution is 2.35. The molecule has 10 nitrogen and oxygen atoms in total. The van der Waals surface area contributed by atoms with E-state index in [4.69, 9.17) is 14.2 Å². The smallest absolute Gasteiger partial charge is 0.319 e. The molecule has 0 spiro atoms. The minimum atomic E-state index is -0.269. The quantitative estimate of drug-likeness (QED) is 0.419. The molecule has 0 bridgehead atoms. The summed E-state index contributed by atoms with van der Waals surface area (Å²) in [5.41, 5.74) is 1.38. The van der Waals surface area contributed by atoms with Crippen LogP contribution in [0.5, 0.6) is 17.4 Å². The summed E-state index contributed by atoms with van der Waals surface area (Å²) in [6.45, 7) is 4.20. The number of nitrogens with one attached hydrogen (secondary N) is 2. The van der Waals surface area contributed by atoms with Gasteiger partial charge >= 0.3 is 6.03 Å². The third kappa shape index (κ3) is 6.00. The third-order valence-corrected chi connectivity index (χ3v) is 5.93. The zero-order valence-corrected chi connectivity index (χ0v) is 20.4. The number of rotatable bonds is 10. The number of ether oxygens (including phenoxy) is 3. The van der Waals surface area contributed by atoms with Crippen LogP contribution in [0.3, 0.4) is 0 Å². The SMILES string of the molecule is CCCCCOc1ccc(NC(=O)NC2CCN(c3ncnc4cc(OC)c(OC)cc34)C2)cn1. The maximum atomic E-state index is 12.6. The Bertz CT molecular complexity index is 1140. The summed E-state index contributed by atoms with van der Waals surface area (Å²) >= 11 is 0. The van der Waals surface area contributed by atoms with Crippen molar-refractivity contribution in [1.29, 1.82) is 0 Å². The number of fused-ring (bicyclic) bond motifs is 1. The number of urea groups is 1. The summed E-state index contributed by atoms with van der Waals surface area (Å²) in [5, 5.41) is 6.76. The number of carbonyl (C=O) groups excluding carboxylic acids is 1. The van der Waals surface area contributed by atoms with Crippen LogP contribution in [-0.2, 0) is 0 Å². The van der Waals surface area contributed by atoms with Crippen molar-refractivity contribution in [3.05, 3.63) is 36.8 Å². The van der Waals surface area contributed by atoms with E-state index in [2.05, 4.69) is 37.4 Å². The number of aromatic nitrogens is 3. The molecule has 1 aliphatic heterocycles. The predicted octanol–water partition coefficient (Wildman–Crippen LogP) is 4.01. The van der Waals surface area contributed by atoms with E-state index in [9.17, 15) is 4.79 Å². The van der Waals surface area contributed by atoms with Crippen LogP contribution in [0, 0.1) is 0 Å². The standard InChI is InChI=1S/C25H32N6O4/c1-4-5-6-11-35-23-8-7-17(14-26-23)29-25(32)30-18-9-10-31(15-18)24-19-12-21(33-2)22(34-3)13-20(19)27-16-28-24/h7-8,12-14,16,18H,4-6,9-11,15H2,1-3H3,(H2,29,30,32). The summed E-state index contributed by atoms with van der Waals surface area (Å²) < 4.78 is 16.5. The lowest BCUT2D eigenvalue weighted by molar-refractivity contribution is 0.249. The number of amides is 2. The van der Waals surface area contributed by atoms with Gasteiger partial charge in [-0.2, -0.15) is 0 Å². The first-order chi connectivity index (χ1) is 17.1. The van der Waals surface area contributed by atoms with Crippen molar-refractivity contribution >= 4 is 28.4 Å². The fourth-order valence-corrected chi connectivity index (χ4v) is 4.11. The lowest BCUT2D eigenvalue weighted by atomic mass is 10.2. The first-order valence-electron chi connectivity index (χ1n) is 11.9. The van der Waals surface area contributed by atoms with Crippen molar-refractivity contribution in [3.63, 3.8) is 0 Å². The Kier molecular flexibility index (Phi) is 8.02. The Labute approximate surface area is 205 Å². The molecule has 0 saturated carbocycles. The van der Waals surface area contributed by atoms with E-state index < -0.39 is 0 Å². The lowest BCUT2D eigenvalue weighted by Gasteiger charge is -2.20. The Morgan fingerprint density at radius 3 is 2.69 bits per heavy atom. The van der Waals surface area contributed by atoms with E-state index in [1.54, 1.807) is 38.9 Å². The second-order valence-corrected chi connectivity index (χ2v) is 8.39. The van der Waals surface area contributed by atoms with E-state index in [1.165, 1.54) is 0 Å². The van der Waals surface area contributed by atoms with Crippen molar-refractivity contribution < 1.29 is 19.0 Å².